The molecule has 0 saturated carbocycles. The van der Waals surface area contributed by atoms with E-state index in [0.717, 1.165) is 24.5 Å². The third kappa shape index (κ3) is 7.60. The summed E-state index contributed by atoms with van der Waals surface area (Å²) in [4.78, 5) is 7.23. The molecule has 0 spiro atoms. The van der Waals surface area contributed by atoms with E-state index in [4.69, 9.17) is 5.14 Å². The lowest BCUT2D eigenvalue weighted by Crippen LogP contribution is -2.38. The molecule has 2 rings (SSSR count). The van der Waals surface area contributed by atoms with Crippen molar-refractivity contribution in [2.24, 2.45) is 10.1 Å². The van der Waals surface area contributed by atoms with E-state index in [2.05, 4.69) is 34.7 Å². The minimum atomic E-state index is -3.64. The molecule has 0 unspecified atom stereocenters. The summed E-state index contributed by atoms with van der Waals surface area (Å²) in [6.07, 6.45) is 0.757. The monoisotopic (exact) mass is 508 g/mol. The first kappa shape index (κ1) is 22.9. The molecule has 0 aliphatic carbocycles. The number of guanidine groups is 1. The van der Waals surface area contributed by atoms with E-state index in [9.17, 15) is 8.42 Å². The summed E-state index contributed by atoms with van der Waals surface area (Å²) in [6.45, 7) is 6.25. The van der Waals surface area contributed by atoms with Gasteiger partial charge in [0.15, 0.2) is 5.96 Å². The van der Waals surface area contributed by atoms with Crippen LogP contribution in [0.1, 0.15) is 22.2 Å². The molecule has 0 bridgehead atoms. The summed E-state index contributed by atoms with van der Waals surface area (Å²) < 4.78 is 22.5. The zero-order valence-electron chi connectivity index (χ0n) is 14.9. The van der Waals surface area contributed by atoms with Crippen LogP contribution < -0.4 is 15.8 Å². The number of hydrogen-bond acceptors (Lipinski definition) is 4. The smallest absolute Gasteiger partial charge is 0.238 e. The Bertz CT molecular complexity index is 818. The van der Waals surface area contributed by atoms with Gasteiger partial charge in [-0.25, -0.2) is 18.5 Å². The van der Waals surface area contributed by atoms with E-state index in [1.807, 2.05) is 6.92 Å². The number of sulfonamides is 1. The maximum atomic E-state index is 11.3. The van der Waals surface area contributed by atoms with Crippen molar-refractivity contribution in [1.82, 2.24) is 10.6 Å². The van der Waals surface area contributed by atoms with Crippen molar-refractivity contribution in [2.75, 3.05) is 13.1 Å². The highest BCUT2D eigenvalue weighted by Gasteiger charge is 2.06. The number of aryl methyl sites for hydroxylation is 1. The number of rotatable bonds is 7. The van der Waals surface area contributed by atoms with Gasteiger partial charge < -0.3 is 10.6 Å². The molecule has 0 amide bonds. The van der Waals surface area contributed by atoms with Gasteiger partial charge in [0, 0.05) is 22.8 Å². The number of thiophene rings is 1. The lowest BCUT2D eigenvalue weighted by Gasteiger charge is -2.11. The van der Waals surface area contributed by atoms with Gasteiger partial charge in [0.1, 0.15) is 0 Å². The van der Waals surface area contributed by atoms with Gasteiger partial charge in [0.2, 0.25) is 10.0 Å². The zero-order valence-corrected chi connectivity index (χ0v) is 18.8. The van der Waals surface area contributed by atoms with Gasteiger partial charge in [-0.1, -0.05) is 12.1 Å². The summed E-state index contributed by atoms with van der Waals surface area (Å²) in [5.74, 6) is 0.773. The topological polar surface area (TPSA) is 96.6 Å². The maximum Gasteiger partial charge on any atom is 0.238 e. The predicted octanol–water partition coefficient (Wildman–Crippen LogP) is 2.62. The van der Waals surface area contributed by atoms with E-state index in [-0.39, 0.29) is 28.9 Å². The van der Waals surface area contributed by atoms with Gasteiger partial charge in [-0.15, -0.1) is 35.3 Å². The Morgan fingerprint density at radius 1 is 1.15 bits per heavy atom. The third-order valence-electron chi connectivity index (χ3n) is 3.49. The Kier molecular flexibility index (Phi) is 9.55. The van der Waals surface area contributed by atoms with Crippen LogP contribution in [0.4, 0.5) is 0 Å². The van der Waals surface area contributed by atoms with Crippen molar-refractivity contribution in [2.45, 2.75) is 31.7 Å². The molecule has 0 atom stereocenters. The van der Waals surface area contributed by atoms with Gasteiger partial charge in [-0.3, -0.25) is 0 Å². The Hall–Kier alpha value is -1.17. The normalized spacial score (nSPS) is 11.7. The zero-order chi connectivity index (χ0) is 18.3. The first-order valence-corrected chi connectivity index (χ1v) is 10.4. The van der Waals surface area contributed by atoms with Gasteiger partial charge in [0.05, 0.1) is 11.4 Å². The molecule has 1 heterocycles. The molecule has 0 aliphatic heterocycles. The molecule has 26 heavy (non-hydrogen) atoms. The molecule has 1 aromatic carbocycles. The summed E-state index contributed by atoms with van der Waals surface area (Å²) in [7, 11) is -3.64. The summed E-state index contributed by atoms with van der Waals surface area (Å²) in [6, 6.07) is 10.8. The molecule has 2 aromatic rings. The van der Waals surface area contributed by atoms with E-state index in [1.54, 1.807) is 23.5 Å². The molecule has 9 heteroatoms. The van der Waals surface area contributed by atoms with Crippen LogP contribution in [0.5, 0.6) is 0 Å². The minimum Gasteiger partial charge on any atom is -0.357 e. The van der Waals surface area contributed by atoms with Gasteiger partial charge >= 0.3 is 0 Å². The van der Waals surface area contributed by atoms with E-state index in [0.29, 0.717) is 13.1 Å². The molecule has 0 radical (unpaired) electrons. The van der Waals surface area contributed by atoms with Crippen molar-refractivity contribution in [3.8, 4) is 0 Å². The summed E-state index contributed by atoms with van der Waals surface area (Å²) in [5, 5.41) is 11.6. The molecule has 144 valence electrons. The summed E-state index contributed by atoms with van der Waals surface area (Å²) >= 11 is 1.75. The number of primary sulfonamides is 1. The molecular formula is C17H25IN4O2S2. The van der Waals surface area contributed by atoms with Crippen LogP contribution in [0.2, 0.25) is 0 Å². The number of nitrogens with two attached hydrogens (primary N) is 1. The van der Waals surface area contributed by atoms with Crippen molar-refractivity contribution in [1.29, 1.82) is 0 Å². The van der Waals surface area contributed by atoms with E-state index in [1.165, 1.54) is 21.9 Å². The minimum absolute atomic E-state index is 0. The second kappa shape index (κ2) is 10.9. The van der Waals surface area contributed by atoms with Crippen LogP contribution >= 0.6 is 35.3 Å². The highest BCUT2D eigenvalue weighted by atomic mass is 127. The second-order valence-electron chi connectivity index (χ2n) is 5.57. The van der Waals surface area contributed by atoms with Gasteiger partial charge in [-0.2, -0.15) is 0 Å². The highest BCUT2D eigenvalue weighted by Crippen LogP contribution is 2.15. The molecule has 0 fully saturated rings. The predicted molar refractivity (Wildman–Crippen MR) is 119 cm³/mol. The summed E-state index contributed by atoms with van der Waals surface area (Å²) in [5.41, 5.74) is 1.03. The van der Waals surface area contributed by atoms with Crippen molar-refractivity contribution < 1.29 is 8.42 Å². The Balaban J connectivity index is 0.00000338. The quantitative estimate of drug-likeness (QED) is 0.305. The van der Waals surface area contributed by atoms with Crippen molar-refractivity contribution in [3.63, 3.8) is 0 Å². The lowest BCUT2D eigenvalue weighted by molar-refractivity contribution is 0.598. The van der Waals surface area contributed by atoms with Crippen LogP contribution in [-0.4, -0.2) is 27.5 Å². The number of nitrogens with zero attached hydrogens (tertiary/aromatic N) is 1. The fourth-order valence-electron chi connectivity index (χ4n) is 2.24. The van der Waals surface area contributed by atoms with Crippen LogP contribution in [0.3, 0.4) is 0 Å². The fourth-order valence-corrected chi connectivity index (χ4v) is 3.57. The van der Waals surface area contributed by atoms with Crippen LogP contribution in [0.15, 0.2) is 46.3 Å². The molecule has 4 N–H and O–H groups in total. The Morgan fingerprint density at radius 2 is 1.85 bits per heavy atom. The SMILES string of the molecule is CCNC(=NCc1ccc(C)s1)NCCc1ccc(S(N)(=O)=O)cc1.I. The largest absolute Gasteiger partial charge is 0.357 e. The van der Waals surface area contributed by atoms with Crippen LogP contribution in [-0.2, 0) is 23.0 Å². The van der Waals surface area contributed by atoms with E-state index < -0.39 is 10.0 Å². The molecular weight excluding hydrogens is 483 g/mol. The number of benzene rings is 1. The maximum absolute atomic E-state index is 11.3. The number of aliphatic imine (C=N–C) groups is 1. The first-order valence-electron chi connectivity index (χ1n) is 8.07. The van der Waals surface area contributed by atoms with Gasteiger partial charge in [0.25, 0.3) is 0 Å². The standard InChI is InChI=1S/C17H24N4O2S2.HI/c1-3-19-17(21-12-15-7-4-13(2)24-15)20-11-10-14-5-8-16(9-6-14)25(18,22)23;/h4-9H,3,10-12H2,1-2H3,(H2,18,22,23)(H2,19,20,21);1H. The van der Waals surface area contributed by atoms with Gasteiger partial charge in [-0.05, 0) is 50.1 Å². The fraction of sp³-hybridized carbons (Fsp3) is 0.353. The lowest BCUT2D eigenvalue weighted by atomic mass is 10.1. The molecule has 1 aromatic heterocycles. The molecule has 0 saturated heterocycles. The first-order chi connectivity index (χ1) is 11.9. The molecule has 6 nitrogen and oxygen atoms in total. The number of nitrogens with one attached hydrogen (secondary N) is 2. The van der Waals surface area contributed by atoms with Crippen LogP contribution in [0.25, 0.3) is 0 Å². The second-order valence-corrected chi connectivity index (χ2v) is 8.51. The average Bonchev–Trinajstić information content (AvgIpc) is 2.98. The number of halogens is 1. The number of hydrogen-bond donors (Lipinski definition) is 3. The average molecular weight is 508 g/mol. The third-order valence-corrected chi connectivity index (χ3v) is 5.41. The molecule has 0 aliphatic rings. The Morgan fingerprint density at radius 3 is 2.38 bits per heavy atom. The van der Waals surface area contributed by atoms with Crippen molar-refractivity contribution >= 4 is 51.3 Å². The van der Waals surface area contributed by atoms with Crippen molar-refractivity contribution in [3.05, 3.63) is 51.7 Å². The Labute approximate surface area is 176 Å². The van der Waals surface area contributed by atoms with Crippen LogP contribution in [0, 0.1) is 6.92 Å². The van der Waals surface area contributed by atoms with E-state index >= 15 is 0 Å². The highest BCUT2D eigenvalue weighted by molar-refractivity contribution is 14.0.